The zero-order valence-corrected chi connectivity index (χ0v) is 16.9. The highest BCUT2D eigenvalue weighted by Crippen LogP contribution is 2.31. The summed E-state index contributed by atoms with van der Waals surface area (Å²) in [5, 5.41) is 16.8. The van der Waals surface area contributed by atoms with Crippen molar-refractivity contribution in [2.24, 2.45) is 4.99 Å². The molecule has 1 aromatic carbocycles. The van der Waals surface area contributed by atoms with Crippen molar-refractivity contribution in [2.75, 3.05) is 39.9 Å². The Morgan fingerprint density at radius 1 is 1.29 bits per heavy atom. The minimum Gasteiger partial charge on any atom is -0.494 e. The number of alkyl carbamates (subject to hydrolysis) is 1. The van der Waals surface area contributed by atoms with E-state index in [4.69, 9.17) is 4.74 Å². The smallest absolute Gasteiger partial charge is 0.413 e. The lowest BCUT2D eigenvalue weighted by molar-refractivity contribution is -0.384. The SMILES string of the molecule is CCCOc1ccc([N+](=O)[O-])c(/N=C(/NCCN(CC)CC)NC(=O)OC)c1. The highest BCUT2D eigenvalue weighted by Gasteiger charge is 2.16. The van der Waals surface area contributed by atoms with Crippen molar-refractivity contribution in [2.45, 2.75) is 27.2 Å². The molecule has 0 aliphatic rings. The van der Waals surface area contributed by atoms with Crippen molar-refractivity contribution in [1.29, 1.82) is 0 Å². The van der Waals surface area contributed by atoms with Gasteiger partial charge in [-0.15, -0.1) is 0 Å². The van der Waals surface area contributed by atoms with Gasteiger partial charge in [0.2, 0.25) is 5.96 Å². The summed E-state index contributed by atoms with van der Waals surface area (Å²) in [6.45, 7) is 9.53. The van der Waals surface area contributed by atoms with Crippen molar-refractivity contribution < 1.29 is 19.2 Å². The van der Waals surface area contributed by atoms with Crippen LogP contribution in [0.2, 0.25) is 0 Å². The molecule has 1 aromatic rings. The number of methoxy groups -OCH3 is 1. The number of nitro groups is 1. The van der Waals surface area contributed by atoms with E-state index in [9.17, 15) is 14.9 Å². The molecule has 156 valence electrons. The molecule has 0 heterocycles. The average molecular weight is 395 g/mol. The summed E-state index contributed by atoms with van der Waals surface area (Å²) in [5.41, 5.74) is -0.126. The standard InChI is InChI=1S/C18H29N5O5/c1-5-12-28-14-8-9-16(23(25)26)15(13-14)20-17(21-18(24)27-4)19-10-11-22(6-2)7-3/h8-9,13H,5-7,10-12H2,1-4H3,(H2,19,20,21,24). The molecule has 0 bridgehead atoms. The first-order valence-corrected chi connectivity index (χ1v) is 9.26. The van der Waals surface area contributed by atoms with E-state index < -0.39 is 11.0 Å². The molecule has 0 aliphatic heterocycles. The van der Waals surface area contributed by atoms with E-state index in [0.29, 0.717) is 18.9 Å². The number of ether oxygens (including phenoxy) is 2. The Hall–Kier alpha value is -2.88. The Morgan fingerprint density at radius 3 is 2.57 bits per heavy atom. The number of guanidine groups is 1. The van der Waals surface area contributed by atoms with Crippen LogP contribution >= 0.6 is 0 Å². The Kier molecular flexibility index (Phi) is 10.3. The lowest BCUT2D eigenvalue weighted by Crippen LogP contribution is -2.43. The molecular formula is C18H29N5O5. The summed E-state index contributed by atoms with van der Waals surface area (Å²) in [7, 11) is 1.23. The van der Waals surface area contributed by atoms with E-state index >= 15 is 0 Å². The van der Waals surface area contributed by atoms with E-state index in [1.54, 1.807) is 0 Å². The maximum Gasteiger partial charge on any atom is 0.413 e. The third kappa shape index (κ3) is 7.78. The largest absolute Gasteiger partial charge is 0.494 e. The van der Waals surface area contributed by atoms with Crippen LogP contribution in [-0.2, 0) is 4.74 Å². The topological polar surface area (TPSA) is 118 Å². The molecular weight excluding hydrogens is 366 g/mol. The summed E-state index contributed by atoms with van der Waals surface area (Å²) in [5.74, 6) is 0.529. The van der Waals surface area contributed by atoms with Crippen molar-refractivity contribution in [3.63, 3.8) is 0 Å². The van der Waals surface area contributed by atoms with Crippen LogP contribution in [0.15, 0.2) is 23.2 Å². The summed E-state index contributed by atoms with van der Waals surface area (Å²) in [6, 6.07) is 4.32. The van der Waals surface area contributed by atoms with E-state index in [1.807, 2.05) is 6.92 Å². The number of aliphatic imine (C=N–C) groups is 1. The molecule has 0 saturated carbocycles. The molecule has 1 rings (SSSR count). The number of carbonyl (C=O) groups excluding carboxylic acids is 1. The lowest BCUT2D eigenvalue weighted by atomic mass is 10.2. The van der Waals surface area contributed by atoms with Crippen LogP contribution in [-0.4, -0.2) is 61.8 Å². The number of carbonyl (C=O) groups is 1. The third-order valence-electron chi connectivity index (χ3n) is 3.87. The molecule has 0 aromatic heterocycles. The first-order chi connectivity index (χ1) is 13.4. The highest BCUT2D eigenvalue weighted by atomic mass is 16.6. The fourth-order valence-corrected chi connectivity index (χ4v) is 2.31. The molecule has 10 nitrogen and oxygen atoms in total. The molecule has 0 fully saturated rings. The summed E-state index contributed by atoms with van der Waals surface area (Å²) in [4.78, 5) is 28.9. The van der Waals surface area contributed by atoms with Crippen molar-refractivity contribution in [1.82, 2.24) is 15.5 Å². The van der Waals surface area contributed by atoms with Crippen LogP contribution in [0.4, 0.5) is 16.2 Å². The van der Waals surface area contributed by atoms with E-state index in [-0.39, 0.29) is 17.3 Å². The number of nitrogens with zero attached hydrogens (tertiary/aromatic N) is 3. The van der Waals surface area contributed by atoms with Gasteiger partial charge in [0.1, 0.15) is 11.4 Å². The number of nitro benzene ring substituents is 1. The van der Waals surface area contributed by atoms with Crippen molar-refractivity contribution >= 4 is 23.4 Å². The summed E-state index contributed by atoms with van der Waals surface area (Å²) < 4.78 is 10.1. The van der Waals surface area contributed by atoms with Gasteiger partial charge < -0.3 is 19.7 Å². The molecule has 0 aliphatic carbocycles. The van der Waals surface area contributed by atoms with Gasteiger partial charge in [0.25, 0.3) is 5.69 Å². The molecule has 28 heavy (non-hydrogen) atoms. The summed E-state index contributed by atoms with van der Waals surface area (Å²) >= 11 is 0. The van der Waals surface area contributed by atoms with Crippen molar-refractivity contribution in [3.05, 3.63) is 28.3 Å². The van der Waals surface area contributed by atoms with E-state index in [0.717, 1.165) is 26.1 Å². The van der Waals surface area contributed by atoms with E-state index in [1.165, 1.54) is 25.3 Å². The minimum atomic E-state index is -0.727. The molecule has 0 atom stereocenters. The van der Waals surface area contributed by atoms with Gasteiger partial charge in [-0.2, -0.15) is 0 Å². The van der Waals surface area contributed by atoms with Crippen LogP contribution < -0.4 is 15.4 Å². The molecule has 0 radical (unpaired) electrons. The van der Waals surface area contributed by atoms with Crippen LogP contribution in [0.25, 0.3) is 0 Å². The van der Waals surface area contributed by atoms with Gasteiger partial charge in [0.15, 0.2) is 0 Å². The van der Waals surface area contributed by atoms with Crippen LogP contribution in [0.3, 0.4) is 0 Å². The van der Waals surface area contributed by atoms with Crippen LogP contribution in [0, 0.1) is 10.1 Å². The van der Waals surface area contributed by atoms with Gasteiger partial charge in [-0.1, -0.05) is 20.8 Å². The Labute approximate surface area is 165 Å². The highest BCUT2D eigenvalue weighted by molar-refractivity contribution is 5.95. The Bertz CT molecular complexity index is 676. The molecule has 0 unspecified atom stereocenters. The normalized spacial score (nSPS) is 11.2. The van der Waals surface area contributed by atoms with Gasteiger partial charge in [-0.3, -0.25) is 15.4 Å². The second-order valence-corrected chi connectivity index (χ2v) is 5.79. The maximum atomic E-state index is 11.6. The zero-order valence-electron chi connectivity index (χ0n) is 16.9. The number of nitrogens with one attached hydrogen (secondary N) is 2. The second kappa shape index (κ2) is 12.5. The zero-order chi connectivity index (χ0) is 20.9. The van der Waals surface area contributed by atoms with Crippen LogP contribution in [0.1, 0.15) is 27.2 Å². The van der Waals surface area contributed by atoms with Gasteiger partial charge in [-0.05, 0) is 25.6 Å². The lowest BCUT2D eigenvalue weighted by Gasteiger charge is -2.19. The van der Waals surface area contributed by atoms with Crippen LogP contribution in [0.5, 0.6) is 5.75 Å². The van der Waals surface area contributed by atoms with Gasteiger partial charge >= 0.3 is 6.09 Å². The molecule has 1 amide bonds. The molecule has 0 saturated heterocycles. The predicted molar refractivity (Wildman–Crippen MR) is 107 cm³/mol. The number of rotatable bonds is 10. The predicted octanol–water partition coefficient (Wildman–Crippen LogP) is 2.66. The fourth-order valence-electron chi connectivity index (χ4n) is 2.31. The quantitative estimate of drug-likeness (QED) is 0.270. The Morgan fingerprint density at radius 2 is 2.00 bits per heavy atom. The van der Waals surface area contributed by atoms with Gasteiger partial charge in [-0.25, -0.2) is 9.79 Å². The maximum absolute atomic E-state index is 11.6. The number of likely N-dealkylation sites (N-methyl/N-ethyl adjacent to an activating group) is 1. The number of hydrogen-bond acceptors (Lipinski definition) is 7. The van der Waals surface area contributed by atoms with Gasteiger partial charge in [0, 0.05) is 25.2 Å². The first kappa shape index (κ1) is 23.2. The second-order valence-electron chi connectivity index (χ2n) is 5.79. The molecule has 10 heteroatoms. The average Bonchev–Trinajstić information content (AvgIpc) is 2.69. The van der Waals surface area contributed by atoms with Gasteiger partial charge in [0.05, 0.1) is 18.6 Å². The minimum absolute atomic E-state index is 0.0646. The molecule has 0 spiro atoms. The van der Waals surface area contributed by atoms with E-state index in [2.05, 4.69) is 39.1 Å². The first-order valence-electron chi connectivity index (χ1n) is 9.26. The number of amides is 1. The number of benzene rings is 1. The third-order valence-corrected chi connectivity index (χ3v) is 3.87. The molecule has 2 N–H and O–H groups in total. The number of hydrogen-bond donors (Lipinski definition) is 2. The summed E-state index contributed by atoms with van der Waals surface area (Å²) in [6.07, 6.45) is 0.0765. The fraction of sp³-hybridized carbons (Fsp3) is 0.556. The van der Waals surface area contributed by atoms with Crippen molar-refractivity contribution in [3.8, 4) is 5.75 Å². The Balaban J connectivity index is 3.11. The monoisotopic (exact) mass is 395 g/mol.